The zero-order chi connectivity index (χ0) is 14.5. The predicted octanol–water partition coefficient (Wildman–Crippen LogP) is 2.26. The van der Waals surface area contributed by atoms with Gasteiger partial charge in [0.05, 0.1) is 19.9 Å². The van der Waals surface area contributed by atoms with Crippen LogP contribution in [0.5, 0.6) is 11.5 Å². The highest BCUT2D eigenvalue weighted by molar-refractivity contribution is 5.66. The summed E-state index contributed by atoms with van der Waals surface area (Å²) in [5.74, 6) is 1.34. The average molecular weight is 269 g/mol. The summed E-state index contributed by atoms with van der Waals surface area (Å²) >= 11 is 0. The Labute approximate surface area is 118 Å². The molecule has 0 aliphatic carbocycles. The predicted molar refractivity (Wildman–Crippen MR) is 74.6 cm³/mol. The van der Waals surface area contributed by atoms with Gasteiger partial charge in [-0.05, 0) is 24.1 Å². The highest BCUT2D eigenvalue weighted by Gasteiger charge is 2.24. The molecule has 1 fully saturated rings. The first-order valence-electron chi connectivity index (χ1n) is 6.23. The molecule has 0 amide bonds. The molecule has 0 saturated carbocycles. The lowest BCUT2D eigenvalue weighted by atomic mass is 10.1. The number of rotatable bonds is 3. The monoisotopic (exact) mass is 269 g/mol. The Morgan fingerprint density at radius 3 is 2.55 bits per heavy atom. The zero-order valence-corrected chi connectivity index (χ0v) is 11.5. The molecule has 5 nitrogen and oxygen atoms in total. The zero-order valence-electron chi connectivity index (χ0n) is 11.5. The number of allylic oxidation sites excluding steroid dienone is 1. The van der Waals surface area contributed by atoms with E-state index in [1.54, 1.807) is 14.2 Å². The van der Waals surface area contributed by atoms with Crippen molar-refractivity contribution in [1.82, 2.24) is 0 Å². The smallest absolute Gasteiger partial charge is 0.184 e. The standard InChI is InChI=1S/C15H15N3O2/c1-19-14-5-3-4-13(15(14)20-2)18-7-6-11(10-18)12(8-16)9-17/h3-5H,6-7,10H2,1-2H3. The van der Waals surface area contributed by atoms with E-state index in [1.807, 2.05) is 30.3 Å². The van der Waals surface area contributed by atoms with Crippen molar-refractivity contribution in [2.75, 3.05) is 32.2 Å². The first kappa shape index (κ1) is 13.8. The lowest BCUT2D eigenvalue weighted by Crippen LogP contribution is -2.19. The molecule has 1 saturated heterocycles. The Morgan fingerprint density at radius 1 is 1.20 bits per heavy atom. The SMILES string of the molecule is COc1cccc(N2CCC(=C(C#N)C#N)C2)c1OC. The Kier molecular flexibility index (Phi) is 4.12. The summed E-state index contributed by atoms with van der Waals surface area (Å²) in [7, 11) is 3.20. The molecule has 2 rings (SSSR count). The summed E-state index contributed by atoms with van der Waals surface area (Å²) in [6.07, 6.45) is 0.719. The molecule has 0 aromatic heterocycles. The molecule has 0 bridgehead atoms. The van der Waals surface area contributed by atoms with Crippen LogP contribution in [0.3, 0.4) is 0 Å². The van der Waals surface area contributed by atoms with Gasteiger partial charge in [0.2, 0.25) is 0 Å². The van der Waals surface area contributed by atoms with Crippen molar-refractivity contribution in [3.63, 3.8) is 0 Å². The van der Waals surface area contributed by atoms with Crippen molar-refractivity contribution in [3.05, 3.63) is 29.3 Å². The molecule has 0 radical (unpaired) electrons. The first-order valence-corrected chi connectivity index (χ1v) is 6.23. The molecule has 0 spiro atoms. The molecule has 1 aliphatic heterocycles. The third kappa shape index (κ3) is 2.39. The summed E-state index contributed by atoms with van der Waals surface area (Å²) in [6.45, 7) is 1.33. The van der Waals surface area contributed by atoms with Crippen molar-refractivity contribution in [1.29, 1.82) is 10.5 Å². The van der Waals surface area contributed by atoms with Crippen LogP contribution >= 0.6 is 0 Å². The van der Waals surface area contributed by atoms with Gasteiger partial charge in [0.15, 0.2) is 11.5 Å². The summed E-state index contributed by atoms with van der Waals surface area (Å²) < 4.78 is 10.7. The molecule has 1 aromatic carbocycles. The van der Waals surface area contributed by atoms with Gasteiger partial charge in [0, 0.05) is 13.1 Å². The highest BCUT2D eigenvalue weighted by atomic mass is 16.5. The van der Waals surface area contributed by atoms with Crippen LogP contribution in [0, 0.1) is 22.7 Å². The molecule has 0 atom stereocenters. The minimum atomic E-state index is 0.217. The minimum absolute atomic E-state index is 0.217. The van der Waals surface area contributed by atoms with E-state index in [2.05, 4.69) is 4.90 Å². The van der Waals surface area contributed by atoms with Gasteiger partial charge >= 0.3 is 0 Å². The molecule has 0 unspecified atom stereocenters. The molecular formula is C15H15N3O2. The van der Waals surface area contributed by atoms with E-state index in [4.69, 9.17) is 20.0 Å². The number of hydrogen-bond acceptors (Lipinski definition) is 5. The molecule has 0 N–H and O–H groups in total. The fourth-order valence-corrected chi connectivity index (χ4v) is 2.37. The lowest BCUT2D eigenvalue weighted by molar-refractivity contribution is 0.355. The van der Waals surface area contributed by atoms with Crippen molar-refractivity contribution in [2.45, 2.75) is 6.42 Å². The van der Waals surface area contributed by atoms with E-state index in [1.165, 1.54) is 0 Å². The summed E-state index contributed by atoms with van der Waals surface area (Å²) in [5, 5.41) is 17.9. The quantitative estimate of drug-likeness (QED) is 0.787. The van der Waals surface area contributed by atoms with E-state index < -0.39 is 0 Å². The van der Waals surface area contributed by atoms with Crippen LogP contribution in [0.1, 0.15) is 6.42 Å². The Bertz CT molecular complexity index is 607. The second-order valence-corrected chi connectivity index (χ2v) is 4.39. The van der Waals surface area contributed by atoms with Crippen LogP contribution < -0.4 is 14.4 Å². The largest absolute Gasteiger partial charge is 0.493 e. The summed E-state index contributed by atoms with van der Waals surface area (Å²) in [5.41, 5.74) is 2.01. The van der Waals surface area contributed by atoms with Crippen molar-refractivity contribution < 1.29 is 9.47 Å². The fraction of sp³-hybridized carbons (Fsp3) is 0.333. The maximum atomic E-state index is 8.93. The summed E-state index contributed by atoms with van der Waals surface area (Å²) in [6, 6.07) is 9.59. The van der Waals surface area contributed by atoms with Crippen LogP contribution in [0.25, 0.3) is 0 Å². The van der Waals surface area contributed by atoms with Crippen LogP contribution in [0.15, 0.2) is 29.3 Å². The van der Waals surface area contributed by atoms with E-state index >= 15 is 0 Å². The Hall–Kier alpha value is -2.66. The summed E-state index contributed by atoms with van der Waals surface area (Å²) in [4.78, 5) is 2.09. The second-order valence-electron chi connectivity index (χ2n) is 4.39. The average Bonchev–Trinajstić information content (AvgIpc) is 2.97. The van der Waals surface area contributed by atoms with Gasteiger partial charge in [-0.3, -0.25) is 0 Å². The number of hydrogen-bond donors (Lipinski definition) is 0. The number of ether oxygens (including phenoxy) is 2. The number of benzene rings is 1. The van der Waals surface area contributed by atoms with Crippen molar-refractivity contribution in [3.8, 4) is 23.6 Å². The molecule has 102 valence electrons. The van der Waals surface area contributed by atoms with Gasteiger partial charge in [0.1, 0.15) is 17.7 Å². The third-order valence-corrected chi connectivity index (χ3v) is 3.37. The van der Waals surface area contributed by atoms with Crippen LogP contribution in [-0.4, -0.2) is 27.3 Å². The second kappa shape index (κ2) is 5.99. The van der Waals surface area contributed by atoms with E-state index in [0.717, 1.165) is 24.2 Å². The van der Waals surface area contributed by atoms with Crippen molar-refractivity contribution in [2.24, 2.45) is 0 Å². The van der Waals surface area contributed by atoms with Gasteiger partial charge in [-0.2, -0.15) is 10.5 Å². The number of nitriles is 2. The highest BCUT2D eigenvalue weighted by Crippen LogP contribution is 2.39. The normalized spacial score (nSPS) is 13.6. The Morgan fingerprint density at radius 2 is 1.95 bits per heavy atom. The molecule has 5 heteroatoms. The first-order chi connectivity index (χ1) is 9.74. The van der Waals surface area contributed by atoms with E-state index in [0.29, 0.717) is 18.0 Å². The number of para-hydroxylation sites is 1. The Balaban J connectivity index is 2.35. The topological polar surface area (TPSA) is 69.3 Å². The van der Waals surface area contributed by atoms with E-state index in [-0.39, 0.29) is 5.57 Å². The maximum Gasteiger partial charge on any atom is 0.184 e. The van der Waals surface area contributed by atoms with Crippen LogP contribution in [0.2, 0.25) is 0 Å². The van der Waals surface area contributed by atoms with Crippen LogP contribution in [0.4, 0.5) is 5.69 Å². The van der Waals surface area contributed by atoms with Gasteiger partial charge < -0.3 is 14.4 Å². The minimum Gasteiger partial charge on any atom is -0.493 e. The van der Waals surface area contributed by atoms with Crippen molar-refractivity contribution >= 4 is 5.69 Å². The lowest BCUT2D eigenvalue weighted by Gasteiger charge is -2.21. The maximum absolute atomic E-state index is 8.93. The number of methoxy groups -OCH3 is 2. The number of nitrogens with zero attached hydrogens (tertiary/aromatic N) is 3. The third-order valence-electron chi connectivity index (χ3n) is 3.37. The fourth-order valence-electron chi connectivity index (χ4n) is 2.37. The number of anilines is 1. The van der Waals surface area contributed by atoms with Crippen LogP contribution in [-0.2, 0) is 0 Å². The molecule has 1 aromatic rings. The molecule has 1 heterocycles. The van der Waals surface area contributed by atoms with Gasteiger partial charge in [0.25, 0.3) is 0 Å². The molecular weight excluding hydrogens is 254 g/mol. The van der Waals surface area contributed by atoms with E-state index in [9.17, 15) is 0 Å². The molecule has 20 heavy (non-hydrogen) atoms. The van der Waals surface area contributed by atoms with Gasteiger partial charge in [-0.1, -0.05) is 6.07 Å². The molecule has 1 aliphatic rings. The van der Waals surface area contributed by atoms with Gasteiger partial charge in [-0.15, -0.1) is 0 Å². The van der Waals surface area contributed by atoms with Gasteiger partial charge in [-0.25, -0.2) is 0 Å².